The van der Waals surface area contributed by atoms with Gasteiger partial charge in [0.2, 0.25) is 5.91 Å². The number of nitrogens with zero attached hydrogens (tertiary/aromatic N) is 3. The van der Waals surface area contributed by atoms with E-state index in [0.29, 0.717) is 27.8 Å². The summed E-state index contributed by atoms with van der Waals surface area (Å²) in [5.74, 6) is -0.649. The smallest absolute Gasteiger partial charge is 0.411 e. The highest BCUT2D eigenvalue weighted by molar-refractivity contribution is 6.30. The molecule has 0 saturated carbocycles. The van der Waals surface area contributed by atoms with Crippen molar-refractivity contribution in [3.05, 3.63) is 88.7 Å². The highest BCUT2D eigenvalue weighted by atomic mass is 35.5. The van der Waals surface area contributed by atoms with Gasteiger partial charge in [-0.1, -0.05) is 50.6 Å². The van der Waals surface area contributed by atoms with E-state index in [4.69, 9.17) is 21.3 Å². The zero-order valence-electron chi connectivity index (χ0n) is 23.0. The fourth-order valence-corrected chi connectivity index (χ4v) is 4.95. The number of hydrogen-bond acceptors (Lipinski definition) is 5. The van der Waals surface area contributed by atoms with Crippen LogP contribution in [0.25, 0.3) is 0 Å². The molecule has 1 aliphatic heterocycles. The molecular weight excluding hydrogens is 519 g/mol. The Morgan fingerprint density at radius 3 is 2.41 bits per heavy atom. The number of aromatic nitrogens is 2. The average Bonchev–Trinajstić information content (AvgIpc) is 3.24. The number of rotatable bonds is 4. The molecule has 1 aromatic heterocycles. The number of likely N-dealkylation sites (tertiary alicyclic amines) is 1. The summed E-state index contributed by atoms with van der Waals surface area (Å²) in [5, 5.41) is 3.35. The third kappa shape index (κ3) is 6.74. The number of nitrogens with one attached hydrogen (secondary N) is 1. The largest absolute Gasteiger partial charge is 0.444 e. The molecule has 2 aromatic carbocycles. The maximum Gasteiger partial charge on any atom is 0.411 e. The number of halogens is 2. The predicted octanol–water partition coefficient (Wildman–Crippen LogP) is 7.04. The molecule has 206 valence electrons. The van der Waals surface area contributed by atoms with E-state index in [2.05, 4.69) is 10.3 Å². The zero-order chi connectivity index (χ0) is 28.5. The van der Waals surface area contributed by atoms with Gasteiger partial charge in [0.25, 0.3) is 0 Å². The van der Waals surface area contributed by atoms with Gasteiger partial charge in [-0.3, -0.25) is 9.69 Å². The predicted molar refractivity (Wildman–Crippen MR) is 149 cm³/mol. The summed E-state index contributed by atoms with van der Waals surface area (Å²) in [4.78, 5) is 38.2. The molecular formula is C30H34ClFN4O3. The van der Waals surface area contributed by atoms with E-state index in [0.717, 1.165) is 0 Å². The molecule has 39 heavy (non-hydrogen) atoms. The van der Waals surface area contributed by atoms with Gasteiger partial charge in [-0.15, -0.1) is 0 Å². The molecule has 0 radical (unpaired) electrons. The molecule has 3 atom stereocenters. The van der Waals surface area contributed by atoms with Crippen molar-refractivity contribution >= 4 is 29.3 Å². The lowest BCUT2D eigenvalue weighted by molar-refractivity contribution is -0.120. The minimum Gasteiger partial charge on any atom is -0.444 e. The third-order valence-corrected chi connectivity index (χ3v) is 6.65. The number of anilines is 1. The summed E-state index contributed by atoms with van der Waals surface area (Å²) in [7, 11) is 0. The molecule has 1 N–H and O–H groups in total. The molecule has 0 aliphatic carbocycles. The molecule has 1 saturated heterocycles. The van der Waals surface area contributed by atoms with Gasteiger partial charge in [-0.25, -0.2) is 19.2 Å². The van der Waals surface area contributed by atoms with Crippen LogP contribution >= 0.6 is 11.6 Å². The summed E-state index contributed by atoms with van der Waals surface area (Å²) in [6.45, 7) is 11.3. The lowest BCUT2D eigenvalue weighted by atomic mass is 9.89. The van der Waals surface area contributed by atoms with Gasteiger partial charge in [-0.05, 0) is 69.2 Å². The number of hydrogen-bond donors (Lipinski definition) is 1. The first-order valence-corrected chi connectivity index (χ1v) is 13.3. The zero-order valence-corrected chi connectivity index (χ0v) is 23.8. The highest BCUT2D eigenvalue weighted by Crippen LogP contribution is 2.47. The van der Waals surface area contributed by atoms with E-state index in [9.17, 15) is 14.0 Å². The van der Waals surface area contributed by atoms with Crippen LogP contribution in [0.5, 0.6) is 0 Å². The van der Waals surface area contributed by atoms with E-state index in [-0.39, 0.29) is 11.8 Å². The van der Waals surface area contributed by atoms with Crippen LogP contribution in [0.2, 0.25) is 5.02 Å². The lowest BCUT2D eigenvalue weighted by Gasteiger charge is -2.33. The van der Waals surface area contributed by atoms with E-state index >= 15 is 0 Å². The summed E-state index contributed by atoms with van der Waals surface area (Å²) < 4.78 is 20.3. The average molecular weight is 553 g/mol. The number of ether oxygens (including phenoxy) is 1. The van der Waals surface area contributed by atoms with Crippen LogP contribution in [-0.4, -0.2) is 38.5 Å². The van der Waals surface area contributed by atoms with Crippen LogP contribution in [0.3, 0.4) is 0 Å². The van der Waals surface area contributed by atoms with Gasteiger partial charge in [0.05, 0.1) is 6.04 Å². The summed E-state index contributed by atoms with van der Waals surface area (Å²) in [5.41, 5.74) is 0.566. The van der Waals surface area contributed by atoms with Gasteiger partial charge in [0.15, 0.2) is 0 Å². The highest BCUT2D eigenvalue weighted by Gasteiger charge is 2.50. The van der Waals surface area contributed by atoms with Gasteiger partial charge in [0.1, 0.15) is 23.3 Å². The standard InChI is InChI=1S/C30H34ClFN4O3/c1-29(2,3)27-33-14-13-23(35-27)22-17-24(26(37)34-21-12-8-10-19(31)16-21)36(28(38)39-30(4,5)6)25(22)18-9-7-11-20(32)15-18/h7-16,22,24-25H,17H2,1-6H3,(H,34,37)/t22-,24+,25+/m1/s1. The lowest BCUT2D eigenvalue weighted by Crippen LogP contribution is -2.46. The van der Waals surface area contributed by atoms with Crippen molar-refractivity contribution in [3.63, 3.8) is 0 Å². The Bertz CT molecular complexity index is 1370. The van der Waals surface area contributed by atoms with Crippen LogP contribution in [0.1, 0.15) is 77.0 Å². The fraction of sp³-hybridized carbons (Fsp3) is 0.400. The second kappa shape index (κ2) is 10.9. The molecule has 7 nitrogen and oxygen atoms in total. The summed E-state index contributed by atoms with van der Waals surface area (Å²) in [6.07, 6.45) is 1.26. The Balaban J connectivity index is 1.84. The minimum atomic E-state index is -0.926. The van der Waals surface area contributed by atoms with Crippen LogP contribution < -0.4 is 5.32 Å². The van der Waals surface area contributed by atoms with Crippen molar-refractivity contribution in [3.8, 4) is 0 Å². The van der Waals surface area contributed by atoms with E-state index in [1.54, 1.807) is 69.4 Å². The maximum absolute atomic E-state index is 14.5. The number of amides is 2. The third-order valence-electron chi connectivity index (χ3n) is 6.41. The van der Waals surface area contributed by atoms with Gasteiger partial charge in [-0.2, -0.15) is 0 Å². The Labute approximate surface area is 233 Å². The normalized spacial score (nSPS) is 19.6. The van der Waals surface area contributed by atoms with Gasteiger partial charge in [0, 0.05) is 33.9 Å². The minimum absolute atomic E-state index is 0.243. The molecule has 2 heterocycles. The number of carbonyl (C=O) groups excluding carboxylic acids is 2. The van der Waals surface area contributed by atoms with E-state index in [1.807, 2.05) is 20.8 Å². The number of benzene rings is 2. The molecule has 0 bridgehead atoms. The quantitative estimate of drug-likeness (QED) is 0.375. The second-order valence-electron chi connectivity index (χ2n) is 11.8. The van der Waals surface area contributed by atoms with Crippen LogP contribution in [-0.2, 0) is 14.9 Å². The van der Waals surface area contributed by atoms with Crippen molar-refractivity contribution in [2.75, 3.05) is 5.32 Å². The van der Waals surface area contributed by atoms with E-state index in [1.165, 1.54) is 17.0 Å². The van der Waals surface area contributed by atoms with Crippen molar-refractivity contribution in [1.82, 2.24) is 14.9 Å². The Morgan fingerprint density at radius 1 is 1.05 bits per heavy atom. The van der Waals surface area contributed by atoms with Crippen LogP contribution in [0, 0.1) is 5.82 Å². The van der Waals surface area contributed by atoms with E-state index < -0.39 is 41.4 Å². The Morgan fingerprint density at radius 2 is 1.77 bits per heavy atom. The van der Waals surface area contributed by atoms with Gasteiger partial charge >= 0.3 is 6.09 Å². The molecule has 0 unspecified atom stereocenters. The molecule has 2 amide bonds. The Kier molecular flexibility index (Phi) is 7.98. The molecule has 1 aliphatic rings. The molecule has 3 aromatic rings. The molecule has 9 heteroatoms. The summed E-state index contributed by atoms with van der Waals surface area (Å²) >= 11 is 6.13. The molecule has 0 spiro atoms. The SMILES string of the molecule is CC(C)(C)OC(=O)N1[C@H](C(=O)Nc2cccc(Cl)c2)C[C@H](c2ccnc(C(C)(C)C)n2)[C@@H]1c1cccc(F)c1. The van der Waals surface area contributed by atoms with Crippen LogP contribution in [0.15, 0.2) is 60.8 Å². The maximum atomic E-state index is 14.5. The fourth-order valence-electron chi connectivity index (χ4n) is 4.76. The van der Waals surface area contributed by atoms with Crippen molar-refractivity contribution in [2.45, 2.75) is 77.0 Å². The topological polar surface area (TPSA) is 84.4 Å². The Hall–Kier alpha value is -3.52. The first-order valence-electron chi connectivity index (χ1n) is 12.9. The summed E-state index contributed by atoms with van der Waals surface area (Å²) in [6, 6.07) is 13.0. The second-order valence-corrected chi connectivity index (χ2v) is 12.2. The van der Waals surface area contributed by atoms with Crippen LogP contribution in [0.4, 0.5) is 14.9 Å². The first-order chi connectivity index (χ1) is 18.2. The van der Waals surface area contributed by atoms with Crippen molar-refractivity contribution < 1.29 is 18.7 Å². The van der Waals surface area contributed by atoms with Crippen molar-refractivity contribution in [2.24, 2.45) is 0 Å². The first kappa shape index (κ1) is 28.5. The van der Waals surface area contributed by atoms with Gasteiger partial charge < -0.3 is 10.1 Å². The number of carbonyl (C=O) groups is 2. The molecule has 4 rings (SSSR count). The monoisotopic (exact) mass is 552 g/mol. The van der Waals surface area contributed by atoms with Crippen molar-refractivity contribution in [1.29, 1.82) is 0 Å². The molecule has 1 fully saturated rings.